The van der Waals surface area contributed by atoms with Gasteiger partial charge in [-0.05, 0) is 31.2 Å². The number of likely N-dealkylation sites (tertiary alicyclic amines) is 1. The summed E-state index contributed by atoms with van der Waals surface area (Å²) < 4.78 is 5.78. The van der Waals surface area contributed by atoms with Gasteiger partial charge in [-0.3, -0.25) is 10.00 Å². The van der Waals surface area contributed by atoms with Gasteiger partial charge < -0.3 is 9.64 Å². The molecule has 0 unspecified atom stereocenters. The maximum atomic E-state index is 6.13. The zero-order valence-corrected chi connectivity index (χ0v) is 18.1. The van der Waals surface area contributed by atoms with Crippen molar-refractivity contribution in [3.63, 3.8) is 0 Å². The molecule has 8 heteroatoms. The van der Waals surface area contributed by atoms with Crippen molar-refractivity contribution in [1.82, 2.24) is 25.1 Å². The van der Waals surface area contributed by atoms with E-state index in [9.17, 15) is 0 Å². The fourth-order valence-electron chi connectivity index (χ4n) is 3.69. The average Bonchev–Trinajstić information content (AvgIpc) is 3.39. The number of hydrogen-bond acceptors (Lipinski definition) is 6. The number of hydrogen-bond donors (Lipinski definition) is 1. The maximum Gasteiger partial charge on any atom is 0.224 e. The molecule has 1 aromatic carbocycles. The lowest BCUT2D eigenvalue weighted by Crippen LogP contribution is -2.20. The first-order chi connectivity index (χ1) is 14.6. The van der Waals surface area contributed by atoms with E-state index in [0.717, 1.165) is 55.4 Å². The molecule has 0 amide bonds. The van der Waals surface area contributed by atoms with Crippen molar-refractivity contribution in [3.05, 3.63) is 64.7 Å². The highest BCUT2D eigenvalue weighted by Crippen LogP contribution is 2.27. The molecule has 3 aromatic rings. The first kappa shape index (κ1) is 20.6. The molecule has 1 atom stereocenters. The smallest absolute Gasteiger partial charge is 0.224 e. The summed E-state index contributed by atoms with van der Waals surface area (Å²) in [5.41, 5.74) is 3.35. The third kappa shape index (κ3) is 5.09. The van der Waals surface area contributed by atoms with Gasteiger partial charge in [0.25, 0.3) is 0 Å². The molecular formula is C22H27ClN6O. The molecule has 0 bridgehead atoms. The molecule has 0 aliphatic carbocycles. The van der Waals surface area contributed by atoms with Crippen LogP contribution in [0.25, 0.3) is 0 Å². The van der Waals surface area contributed by atoms with Crippen LogP contribution in [0.2, 0.25) is 5.02 Å². The van der Waals surface area contributed by atoms with Gasteiger partial charge in [-0.2, -0.15) is 5.10 Å². The van der Waals surface area contributed by atoms with Gasteiger partial charge >= 0.3 is 0 Å². The van der Waals surface area contributed by atoms with E-state index in [1.165, 1.54) is 0 Å². The normalized spacial score (nSPS) is 16.7. The molecule has 2 aromatic heterocycles. The van der Waals surface area contributed by atoms with Crippen LogP contribution in [-0.4, -0.2) is 58.9 Å². The number of rotatable bonds is 8. The second-order valence-corrected chi connectivity index (χ2v) is 8.26. The Labute approximate surface area is 182 Å². The monoisotopic (exact) mass is 426 g/mol. The number of nitrogens with one attached hydrogen (secondary N) is 1. The van der Waals surface area contributed by atoms with Crippen molar-refractivity contribution in [1.29, 1.82) is 0 Å². The third-order valence-corrected chi connectivity index (χ3v) is 5.62. The third-order valence-electron chi connectivity index (χ3n) is 5.30. The van der Waals surface area contributed by atoms with E-state index in [-0.39, 0.29) is 0 Å². The summed E-state index contributed by atoms with van der Waals surface area (Å²) in [6.07, 6.45) is 5.71. The summed E-state index contributed by atoms with van der Waals surface area (Å²) in [7, 11) is 3.89. The first-order valence-corrected chi connectivity index (χ1v) is 10.6. The van der Waals surface area contributed by atoms with E-state index in [2.05, 4.69) is 31.1 Å². The zero-order chi connectivity index (χ0) is 20.9. The Morgan fingerprint density at radius 2 is 2.03 bits per heavy atom. The minimum Gasteiger partial charge on any atom is -0.492 e. The fraction of sp³-hybridized carbons (Fsp3) is 0.409. The number of ether oxygens (including phenoxy) is 1. The standard InChI is InChI=1S/C22H27ClN6O/c1-28(2)22-24-12-16(13-25-22)14-29-9-7-17(15-29)20-11-18(26-27-20)8-10-30-21-6-4-3-5-19(21)23/h3-6,11-13,17H,7-10,14-15H2,1-2H3,(H,26,27)/t17-/m1/s1. The van der Waals surface area contributed by atoms with Crippen LogP contribution >= 0.6 is 11.6 Å². The Morgan fingerprint density at radius 3 is 2.80 bits per heavy atom. The van der Waals surface area contributed by atoms with Crippen molar-refractivity contribution in [2.75, 3.05) is 38.7 Å². The topological polar surface area (TPSA) is 70.2 Å². The van der Waals surface area contributed by atoms with Gasteiger partial charge in [0.1, 0.15) is 5.75 Å². The van der Waals surface area contributed by atoms with Crippen LogP contribution in [0, 0.1) is 0 Å². The van der Waals surface area contributed by atoms with Crippen molar-refractivity contribution in [3.8, 4) is 5.75 Å². The summed E-state index contributed by atoms with van der Waals surface area (Å²) in [5, 5.41) is 8.34. The van der Waals surface area contributed by atoms with Gasteiger partial charge in [0.05, 0.1) is 17.3 Å². The molecule has 3 heterocycles. The molecule has 0 spiro atoms. The summed E-state index contributed by atoms with van der Waals surface area (Å²) in [6, 6.07) is 9.70. The highest BCUT2D eigenvalue weighted by atomic mass is 35.5. The zero-order valence-electron chi connectivity index (χ0n) is 17.4. The van der Waals surface area contributed by atoms with Gasteiger partial charge in [-0.1, -0.05) is 23.7 Å². The van der Waals surface area contributed by atoms with E-state index >= 15 is 0 Å². The highest BCUT2D eigenvalue weighted by molar-refractivity contribution is 6.32. The second kappa shape index (κ2) is 9.45. The Hall–Kier alpha value is -2.64. The van der Waals surface area contributed by atoms with Crippen molar-refractivity contribution in [2.24, 2.45) is 0 Å². The van der Waals surface area contributed by atoms with E-state index < -0.39 is 0 Å². The van der Waals surface area contributed by atoms with Gasteiger partial charge in [0.2, 0.25) is 5.95 Å². The lowest BCUT2D eigenvalue weighted by Gasteiger charge is -2.16. The summed E-state index contributed by atoms with van der Waals surface area (Å²) >= 11 is 6.13. The van der Waals surface area contributed by atoms with Crippen LogP contribution in [0.3, 0.4) is 0 Å². The average molecular weight is 427 g/mol. The van der Waals surface area contributed by atoms with Crippen LogP contribution < -0.4 is 9.64 Å². The molecule has 158 valence electrons. The molecule has 30 heavy (non-hydrogen) atoms. The molecule has 1 fully saturated rings. The molecule has 0 radical (unpaired) electrons. The minimum atomic E-state index is 0.446. The van der Waals surface area contributed by atoms with E-state index in [1.807, 2.05) is 55.7 Å². The lowest BCUT2D eigenvalue weighted by molar-refractivity contribution is 0.320. The van der Waals surface area contributed by atoms with Gasteiger partial charge in [0.15, 0.2) is 0 Å². The number of halogens is 1. The molecule has 1 aliphatic rings. The number of H-pyrrole nitrogens is 1. The van der Waals surface area contributed by atoms with Gasteiger partial charge in [-0.15, -0.1) is 0 Å². The van der Waals surface area contributed by atoms with Crippen molar-refractivity contribution < 1.29 is 4.74 Å². The van der Waals surface area contributed by atoms with Crippen LogP contribution in [-0.2, 0) is 13.0 Å². The largest absolute Gasteiger partial charge is 0.492 e. The van der Waals surface area contributed by atoms with E-state index in [0.29, 0.717) is 23.3 Å². The van der Waals surface area contributed by atoms with Crippen LogP contribution in [0.5, 0.6) is 5.75 Å². The maximum absolute atomic E-state index is 6.13. The molecular weight excluding hydrogens is 400 g/mol. The van der Waals surface area contributed by atoms with Gasteiger partial charge in [0, 0.05) is 63.2 Å². The lowest BCUT2D eigenvalue weighted by atomic mass is 10.0. The fourth-order valence-corrected chi connectivity index (χ4v) is 3.88. The molecule has 1 saturated heterocycles. The minimum absolute atomic E-state index is 0.446. The summed E-state index contributed by atoms with van der Waals surface area (Å²) in [6.45, 7) is 3.48. The van der Waals surface area contributed by atoms with Crippen LogP contribution in [0.4, 0.5) is 5.95 Å². The molecule has 1 aliphatic heterocycles. The first-order valence-electron chi connectivity index (χ1n) is 10.2. The quantitative estimate of drug-likeness (QED) is 0.594. The number of benzene rings is 1. The summed E-state index contributed by atoms with van der Waals surface area (Å²) in [5.74, 6) is 1.90. The number of para-hydroxylation sites is 1. The van der Waals surface area contributed by atoms with Crippen molar-refractivity contribution in [2.45, 2.75) is 25.3 Å². The Morgan fingerprint density at radius 1 is 1.23 bits per heavy atom. The summed E-state index contributed by atoms with van der Waals surface area (Å²) in [4.78, 5) is 13.2. The van der Waals surface area contributed by atoms with Crippen LogP contribution in [0.1, 0.15) is 29.3 Å². The number of aromatic amines is 1. The van der Waals surface area contributed by atoms with Crippen LogP contribution in [0.15, 0.2) is 42.7 Å². The Balaban J connectivity index is 1.26. The van der Waals surface area contributed by atoms with Gasteiger partial charge in [-0.25, -0.2) is 9.97 Å². The Kier molecular flexibility index (Phi) is 6.50. The number of nitrogens with zero attached hydrogens (tertiary/aromatic N) is 5. The molecule has 0 saturated carbocycles. The van der Waals surface area contributed by atoms with E-state index in [4.69, 9.17) is 16.3 Å². The Bertz CT molecular complexity index is 958. The molecule has 4 rings (SSSR count). The van der Waals surface area contributed by atoms with E-state index in [1.54, 1.807) is 0 Å². The highest BCUT2D eigenvalue weighted by Gasteiger charge is 2.26. The number of anilines is 1. The predicted molar refractivity (Wildman–Crippen MR) is 118 cm³/mol. The SMILES string of the molecule is CN(C)c1ncc(CN2CC[C@@H](c3cc(CCOc4ccccc4Cl)[nH]n3)C2)cn1. The predicted octanol–water partition coefficient (Wildman–Crippen LogP) is 3.53. The second-order valence-electron chi connectivity index (χ2n) is 7.85. The number of aromatic nitrogens is 4. The van der Waals surface area contributed by atoms with Crippen molar-refractivity contribution >= 4 is 17.5 Å². The molecule has 7 nitrogen and oxygen atoms in total. The molecule has 1 N–H and O–H groups in total.